The molecule has 1 aliphatic rings. The Morgan fingerprint density at radius 3 is 2.95 bits per heavy atom. The van der Waals surface area contributed by atoms with E-state index in [-0.39, 0.29) is 6.10 Å². The molecule has 0 spiro atoms. The summed E-state index contributed by atoms with van der Waals surface area (Å²) in [7, 11) is 0. The van der Waals surface area contributed by atoms with E-state index < -0.39 is 0 Å². The largest absolute Gasteiger partial charge is 0.460 e. The van der Waals surface area contributed by atoms with E-state index in [1.807, 2.05) is 25.3 Å². The Bertz CT molecular complexity index is 570. The molecule has 0 amide bonds. The molecule has 5 nitrogen and oxygen atoms in total. The van der Waals surface area contributed by atoms with E-state index in [1.54, 1.807) is 0 Å². The molecule has 1 unspecified atom stereocenters. The Morgan fingerprint density at radius 1 is 1.43 bits per heavy atom. The maximum atomic E-state index is 10.2. The third kappa shape index (κ3) is 3.36. The Kier molecular flexibility index (Phi) is 4.41. The molecule has 5 heteroatoms. The number of hydrogen-bond donors (Lipinski definition) is 3. The van der Waals surface area contributed by atoms with Gasteiger partial charge in [0.2, 0.25) is 0 Å². The lowest BCUT2D eigenvalue weighted by atomic mass is 10.0. The molecule has 1 saturated carbocycles. The summed E-state index contributed by atoms with van der Waals surface area (Å²) in [6, 6.07) is 3.89. The molecule has 3 N–H and O–H groups in total. The Morgan fingerprint density at radius 2 is 2.24 bits per heavy atom. The summed E-state index contributed by atoms with van der Waals surface area (Å²) in [5, 5.41) is 20.6. The summed E-state index contributed by atoms with van der Waals surface area (Å²) >= 11 is 0. The second-order valence-corrected chi connectivity index (χ2v) is 5.92. The molecular formula is C16H23N3O2. The van der Waals surface area contributed by atoms with E-state index in [9.17, 15) is 5.11 Å². The van der Waals surface area contributed by atoms with Crippen LogP contribution in [-0.2, 0) is 6.54 Å². The normalized spacial score (nSPS) is 17.4. The van der Waals surface area contributed by atoms with Crippen LogP contribution in [0.15, 0.2) is 22.7 Å². The van der Waals surface area contributed by atoms with Crippen molar-refractivity contribution in [2.75, 3.05) is 6.54 Å². The molecule has 1 atom stereocenters. The van der Waals surface area contributed by atoms with Gasteiger partial charge in [0.1, 0.15) is 11.5 Å². The number of aromatic amines is 1. The van der Waals surface area contributed by atoms with E-state index in [2.05, 4.69) is 15.5 Å². The van der Waals surface area contributed by atoms with Crippen molar-refractivity contribution in [2.24, 2.45) is 5.92 Å². The van der Waals surface area contributed by atoms with Gasteiger partial charge in [0.15, 0.2) is 5.76 Å². The highest BCUT2D eigenvalue weighted by Gasteiger charge is 2.22. The third-order valence-electron chi connectivity index (χ3n) is 4.32. The van der Waals surface area contributed by atoms with Gasteiger partial charge in [-0.1, -0.05) is 12.8 Å². The van der Waals surface area contributed by atoms with Crippen LogP contribution < -0.4 is 5.32 Å². The van der Waals surface area contributed by atoms with Crippen molar-refractivity contribution in [3.8, 4) is 11.5 Å². The fraction of sp³-hybridized carbons (Fsp3) is 0.562. The van der Waals surface area contributed by atoms with Gasteiger partial charge in [-0.3, -0.25) is 5.10 Å². The molecule has 0 radical (unpaired) electrons. The first-order chi connectivity index (χ1) is 10.2. The third-order valence-corrected chi connectivity index (χ3v) is 4.32. The van der Waals surface area contributed by atoms with Crippen LogP contribution in [0, 0.1) is 12.8 Å². The van der Waals surface area contributed by atoms with Crippen molar-refractivity contribution in [1.29, 1.82) is 0 Å². The van der Waals surface area contributed by atoms with Crippen LogP contribution >= 0.6 is 0 Å². The molecule has 1 fully saturated rings. The standard InChI is InChI=1S/C16H23N3O2/c1-11-6-7-15(21-11)16-13(9-18-19-16)8-17-10-14(20)12-4-2-3-5-12/h6-7,9,12,14,17,20H,2-5,8,10H2,1H3,(H,18,19). The molecule has 2 aromatic rings. The van der Waals surface area contributed by atoms with Crippen LogP contribution in [0.5, 0.6) is 0 Å². The first-order valence-electron chi connectivity index (χ1n) is 7.72. The minimum Gasteiger partial charge on any atom is -0.460 e. The minimum atomic E-state index is -0.242. The highest BCUT2D eigenvalue weighted by atomic mass is 16.3. The van der Waals surface area contributed by atoms with Gasteiger partial charge in [-0.2, -0.15) is 5.10 Å². The number of aliphatic hydroxyl groups excluding tert-OH is 1. The maximum absolute atomic E-state index is 10.2. The van der Waals surface area contributed by atoms with E-state index in [0.717, 1.165) is 35.6 Å². The molecule has 21 heavy (non-hydrogen) atoms. The average molecular weight is 289 g/mol. The van der Waals surface area contributed by atoms with Gasteiger partial charge in [0.05, 0.1) is 12.3 Å². The number of nitrogens with zero attached hydrogens (tertiary/aromatic N) is 1. The number of aliphatic hydroxyl groups is 1. The monoisotopic (exact) mass is 289 g/mol. The summed E-state index contributed by atoms with van der Waals surface area (Å²) < 4.78 is 5.63. The van der Waals surface area contributed by atoms with Crippen LogP contribution in [0.2, 0.25) is 0 Å². The molecule has 114 valence electrons. The summed E-state index contributed by atoms with van der Waals surface area (Å²) in [6.45, 7) is 3.23. The first kappa shape index (κ1) is 14.4. The molecule has 1 aliphatic carbocycles. The van der Waals surface area contributed by atoms with Crippen LogP contribution in [0.25, 0.3) is 11.5 Å². The zero-order chi connectivity index (χ0) is 14.7. The van der Waals surface area contributed by atoms with E-state index in [0.29, 0.717) is 19.0 Å². The van der Waals surface area contributed by atoms with Crippen molar-refractivity contribution in [3.05, 3.63) is 29.7 Å². The van der Waals surface area contributed by atoms with Crippen LogP contribution in [-0.4, -0.2) is 28.0 Å². The Hall–Kier alpha value is -1.59. The zero-order valence-corrected chi connectivity index (χ0v) is 12.4. The summed E-state index contributed by atoms with van der Waals surface area (Å²) in [5.41, 5.74) is 1.97. The van der Waals surface area contributed by atoms with Gasteiger partial charge in [0.25, 0.3) is 0 Å². The average Bonchev–Trinajstić information content (AvgIpc) is 3.19. The van der Waals surface area contributed by atoms with Crippen LogP contribution in [0.1, 0.15) is 37.0 Å². The number of rotatable bonds is 6. The predicted molar refractivity (Wildman–Crippen MR) is 80.7 cm³/mol. The topological polar surface area (TPSA) is 74.1 Å². The van der Waals surface area contributed by atoms with Crippen LogP contribution in [0.4, 0.5) is 0 Å². The molecule has 0 aromatic carbocycles. The van der Waals surface area contributed by atoms with Gasteiger partial charge in [-0.25, -0.2) is 0 Å². The lowest BCUT2D eigenvalue weighted by Crippen LogP contribution is -2.31. The van der Waals surface area contributed by atoms with Crippen molar-refractivity contribution >= 4 is 0 Å². The van der Waals surface area contributed by atoms with E-state index in [4.69, 9.17) is 4.42 Å². The molecule has 0 saturated heterocycles. The summed E-state index contributed by atoms with van der Waals surface area (Å²) in [5.74, 6) is 2.15. The molecule has 2 heterocycles. The fourth-order valence-corrected chi connectivity index (χ4v) is 3.09. The SMILES string of the molecule is Cc1ccc(-c2[nH]ncc2CNCC(O)C2CCCC2)o1. The molecule has 0 aliphatic heterocycles. The van der Waals surface area contributed by atoms with Crippen LogP contribution in [0.3, 0.4) is 0 Å². The second-order valence-electron chi connectivity index (χ2n) is 5.92. The van der Waals surface area contributed by atoms with E-state index in [1.165, 1.54) is 12.8 Å². The van der Waals surface area contributed by atoms with Crippen molar-refractivity contribution < 1.29 is 9.52 Å². The Labute approximate surface area is 124 Å². The number of aromatic nitrogens is 2. The fourth-order valence-electron chi connectivity index (χ4n) is 3.09. The van der Waals surface area contributed by atoms with Gasteiger partial charge >= 0.3 is 0 Å². The molecule has 0 bridgehead atoms. The Balaban J connectivity index is 1.55. The van der Waals surface area contributed by atoms with Gasteiger partial charge in [-0.05, 0) is 37.8 Å². The number of nitrogens with one attached hydrogen (secondary N) is 2. The highest BCUT2D eigenvalue weighted by Crippen LogP contribution is 2.27. The van der Waals surface area contributed by atoms with Gasteiger partial charge in [-0.15, -0.1) is 0 Å². The highest BCUT2D eigenvalue weighted by molar-refractivity contribution is 5.56. The number of H-pyrrole nitrogens is 1. The molecular weight excluding hydrogens is 266 g/mol. The zero-order valence-electron chi connectivity index (χ0n) is 12.4. The quantitative estimate of drug-likeness (QED) is 0.764. The van der Waals surface area contributed by atoms with Crippen molar-refractivity contribution in [3.63, 3.8) is 0 Å². The number of aryl methyl sites for hydroxylation is 1. The maximum Gasteiger partial charge on any atom is 0.152 e. The molecule has 3 rings (SSSR count). The first-order valence-corrected chi connectivity index (χ1v) is 7.72. The predicted octanol–water partition coefficient (Wildman–Crippen LogP) is 2.62. The summed E-state index contributed by atoms with van der Waals surface area (Å²) in [6.07, 6.45) is 6.39. The minimum absolute atomic E-state index is 0.242. The van der Waals surface area contributed by atoms with Gasteiger partial charge < -0.3 is 14.8 Å². The summed E-state index contributed by atoms with van der Waals surface area (Å²) in [4.78, 5) is 0. The second kappa shape index (κ2) is 6.45. The molecule has 2 aromatic heterocycles. The lowest BCUT2D eigenvalue weighted by molar-refractivity contribution is 0.109. The number of furan rings is 1. The van der Waals surface area contributed by atoms with Gasteiger partial charge in [0, 0.05) is 18.7 Å². The van der Waals surface area contributed by atoms with Crippen molar-refractivity contribution in [2.45, 2.75) is 45.3 Å². The van der Waals surface area contributed by atoms with E-state index >= 15 is 0 Å². The smallest absolute Gasteiger partial charge is 0.152 e. The lowest BCUT2D eigenvalue weighted by Gasteiger charge is -2.18. The van der Waals surface area contributed by atoms with Crippen molar-refractivity contribution in [1.82, 2.24) is 15.5 Å². The number of hydrogen-bond acceptors (Lipinski definition) is 4.